The molecule has 1 atom stereocenters. The topological polar surface area (TPSA) is 98.3 Å². The molecule has 0 saturated carbocycles. The van der Waals surface area contributed by atoms with E-state index in [0.29, 0.717) is 19.5 Å². The van der Waals surface area contributed by atoms with Gasteiger partial charge < -0.3 is 15.3 Å². The Labute approximate surface area is 117 Å². The van der Waals surface area contributed by atoms with Gasteiger partial charge in [0.2, 0.25) is 0 Å². The van der Waals surface area contributed by atoms with Crippen LogP contribution in [-0.2, 0) is 11.2 Å². The second-order valence-corrected chi connectivity index (χ2v) is 5.05. The van der Waals surface area contributed by atoms with Gasteiger partial charge in [-0.05, 0) is 38.2 Å². The molecular weight excluding hydrogens is 260 g/mol. The van der Waals surface area contributed by atoms with Gasteiger partial charge in [-0.25, -0.2) is 9.59 Å². The van der Waals surface area contributed by atoms with Crippen molar-refractivity contribution in [1.29, 1.82) is 0 Å². The highest BCUT2D eigenvalue weighted by molar-refractivity contribution is 5.83. The smallest absolute Gasteiger partial charge is 0.326 e. The predicted molar refractivity (Wildman–Crippen MR) is 72.4 cm³/mol. The first kappa shape index (κ1) is 14.4. The molecule has 1 unspecified atom stereocenters. The van der Waals surface area contributed by atoms with Crippen LogP contribution in [0.1, 0.15) is 30.5 Å². The number of H-pyrrole nitrogens is 1. The summed E-state index contributed by atoms with van der Waals surface area (Å²) < 4.78 is 0. The minimum Gasteiger partial charge on any atom is -0.480 e. The van der Waals surface area contributed by atoms with Crippen molar-refractivity contribution in [3.05, 3.63) is 17.5 Å². The van der Waals surface area contributed by atoms with Crippen molar-refractivity contribution in [1.82, 2.24) is 20.4 Å². The Morgan fingerprint density at radius 2 is 2.40 bits per heavy atom. The van der Waals surface area contributed by atoms with Crippen LogP contribution >= 0.6 is 0 Å². The van der Waals surface area contributed by atoms with Gasteiger partial charge in [-0.2, -0.15) is 5.10 Å². The van der Waals surface area contributed by atoms with Crippen molar-refractivity contribution in [2.75, 3.05) is 13.1 Å². The van der Waals surface area contributed by atoms with E-state index in [0.717, 1.165) is 30.5 Å². The summed E-state index contributed by atoms with van der Waals surface area (Å²) >= 11 is 0. The van der Waals surface area contributed by atoms with Gasteiger partial charge in [-0.3, -0.25) is 5.10 Å². The van der Waals surface area contributed by atoms with Crippen LogP contribution in [0.25, 0.3) is 0 Å². The normalized spacial score (nSPS) is 18.2. The number of urea groups is 1. The summed E-state index contributed by atoms with van der Waals surface area (Å²) in [6, 6.07) is -0.954. The summed E-state index contributed by atoms with van der Waals surface area (Å²) in [7, 11) is 0. The number of carboxylic acid groups (broad SMARTS) is 1. The van der Waals surface area contributed by atoms with Crippen LogP contribution in [0.15, 0.2) is 6.20 Å². The maximum atomic E-state index is 11.9. The fourth-order valence-corrected chi connectivity index (χ4v) is 2.47. The van der Waals surface area contributed by atoms with Gasteiger partial charge in [-0.1, -0.05) is 0 Å². The highest BCUT2D eigenvalue weighted by atomic mass is 16.4. The first-order valence-electron chi connectivity index (χ1n) is 6.85. The Kier molecular flexibility index (Phi) is 4.60. The van der Waals surface area contributed by atoms with Crippen LogP contribution in [-0.4, -0.2) is 51.3 Å². The summed E-state index contributed by atoms with van der Waals surface area (Å²) in [5, 5.41) is 18.6. The number of carbonyl (C=O) groups excluding carboxylic acids is 1. The summed E-state index contributed by atoms with van der Waals surface area (Å²) in [5.41, 5.74) is 2.19. The molecule has 1 saturated heterocycles. The molecule has 3 N–H and O–H groups in total. The van der Waals surface area contributed by atoms with Crippen LogP contribution in [0.5, 0.6) is 0 Å². The number of rotatable bonds is 5. The molecule has 0 aromatic carbocycles. The number of likely N-dealkylation sites (tertiary alicyclic amines) is 1. The van der Waals surface area contributed by atoms with Crippen LogP contribution in [0.2, 0.25) is 0 Å². The van der Waals surface area contributed by atoms with E-state index in [1.807, 2.05) is 6.92 Å². The number of aromatic nitrogens is 2. The number of aliphatic carboxylic acids is 1. The molecule has 2 amide bonds. The van der Waals surface area contributed by atoms with E-state index >= 15 is 0 Å². The largest absolute Gasteiger partial charge is 0.480 e. The van der Waals surface area contributed by atoms with Gasteiger partial charge in [0.15, 0.2) is 0 Å². The van der Waals surface area contributed by atoms with E-state index in [4.69, 9.17) is 5.11 Å². The van der Waals surface area contributed by atoms with E-state index in [1.54, 1.807) is 6.20 Å². The third kappa shape index (κ3) is 3.28. The molecule has 0 bridgehead atoms. The Bertz CT molecular complexity index is 486. The Balaban J connectivity index is 1.72. The Hall–Kier alpha value is -2.05. The number of nitrogens with one attached hydrogen (secondary N) is 2. The fourth-order valence-electron chi connectivity index (χ4n) is 2.47. The lowest BCUT2D eigenvalue weighted by Crippen LogP contribution is -2.46. The van der Waals surface area contributed by atoms with E-state index in [2.05, 4.69) is 15.5 Å². The maximum Gasteiger partial charge on any atom is 0.326 e. The monoisotopic (exact) mass is 280 g/mol. The van der Waals surface area contributed by atoms with Gasteiger partial charge in [0, 0.05) is 18.8 Å². The summed E-state index contributed by atoms with van der Waals surface area (Å²) in [6.07, 6.45) is 4.72. The van der Waals surface area contributed by atoms with Crippen LogP contribution in [0.3, 0.4) is 0 Å². The molecule has 2 heterocycles. The highest BCUT2D eigenvalue weighted by Gasteiger charge is 2.33. The maximum absolute atomic E-state index is 11.9. The minimum absolute atomic E-state index is 0.279. The van der Waals surface area contributed by atoms with Crippen LogP contribution in [0, 0.1) is 6.92 Å². The predicted octanol–water partition coefficient (Wildman–Crippen LogP) is 0.909. The molecule has 20 heavy (non-hydrogen) atoms. The number of carbonyl (C=O) groups is 2. The summed E-state index contributed by atoms with van der Waals surface area (Å²) in [4.78, 5) is 24.3. The number of hydrogen-bond donors (Lipinski definition) is 3. The zero-order chi connectivity index (χ0) is 14.5. The average Bonchev–Trinajstić information content (AvgIpc) is 3.03. The number of aryl methyl sites for hydroxylation is 2. The molecule has 7 heteroatoms. The molecular formula is C13H20N4O3. The minimum atomic E-state index is -0.924. The van der Waals surface area contributed by atoms with Crippen LogP contribution < -0.4 is 5.32 Å². The second-order valence-electron chi connectivity index (χ2n) is 5.05. The van der Waals surface area contributed by atoms with Crippen molar-refractivity contribution < 1.29 is 14.7 Å². The lowest BCUT2D eigenvalue weighted by molar-refractivity contribution is -0.141. The van der Waals surface area contributed by atoms with Gasteiger partial charge in [-0.15, -0.1) is 0 Å². The van der Waals surface area contributed by atoms with Crippen molar-refractivity contribution in [2.45, 2.75) is 38.6 Å². The Morgan fingerprint density at radius 1 is 1.60 bits per heavy atom. The quantitative estimate of drug-likeness (QED) is 0.698. The molecule has 1 fully saturated rings. The lowest BCUT2D eigenvalue weighted by Gasteiger charge is -2.21. The molecule has 7 nitrogen and oxygen atoms in total. The van der Waals surface area contributed by atoms with E-state index < -0.39 is 12.0 Å². The molecule has 110 valence electrons. The van der Waals surface area contributed by atoms with E-state index in [1.165, 1.54) is 4.90 Å². The zero-order valence-corrected chi connectivity index (χ0v) is 11.6. The van der Waals surface area contributed by atoms with Crippen molar-refractivity contribution >= 4 is 12.0 Å². The second kappa shape index (κ2) is 6.40. The molecule has 1 aromatic rings. The average molecular weight is 280 g/mol. The number of hydrogen-bond acceptors (Lipinski definition) is 3. The molecule has 0 radical (unpaired) electrons. The first-order valence-corrected chi connectivity index (χ1v) is 6.85. The van der Waals surface area contributed by atoms with E-state index in [9.17, 15) is 9.59 Å². The van der Waals surface area contributed by atoms with Crippen LogP contribution in [0.4, 0.5) is 4.79 Å². The number of amides is 2. The molecule has 0 spiro atoms. The molecule has 1 aliphatic rings. The lowest BCUT2D eigenvalue weighted by atomic mass is 10.1. The summed E-state index contributed by atoms with van der Waals surface area (Å²) in [6.45, 7) is 3.01. The van der Waals surface area contributed by atoms with Crippen molar-refractivity contribution in [2.24, 2.45) is 0 Å². The molecule has 2 rings (SSSR count). The number of aromatic amines is 1. The Morgan fingerprint density at radius 3 is 3.05 bits per heavy atom. The van der Waals surface area contributed by atoms with Gasteiger partial charge in [0.25, 0.3) is 0 Å². The standard InChI is InChI=1S/C13H20N4O3/c1-9-10(8-15-16-9)4-2-6-14-13(20)17-7-3-5-11(17)12(18)19/h8,11H,2-7H2,1H3,(H,14,20)(H,15,16)(H,18,19). The SMILES string of the molecule is Cc1[nH]ncc1CCCNC(=O)N1CCCC1C(=O)O. The zero-order valence-electron chi connectivity index (χ0n) is 11.6. The van der Waals surface area contributed by atoms with Crippen molar-refractivity contribution in [3.8, 4) is 0 Å². The first-order chi connectivity index (χ1) is 9.59. The van der Waals surface area contributed by atoms with E-state index in [-0.39, 0.29) is 6.03 Å². The van der Waals surface area contributed by atoms with Gasteiger partial charge in [0.1, 0.15) is 6.04 Å². The van der Waals surface area contributed by atoms with Gasteiger partial charge >= 0.3 is 12.0 Å². The molecule has 1 aliphatic heterocycles. The fraction of sp³-hybridized carbons (Fsp3) is 0.615. The summed E-state index contributed by atoms with van der Waals surface area (Å²) in [5.74, 6) is -0.924. The highest BCUT2D eigenvalue weighted by Crippen LogP contribution is 2.17. The third-order valence-corrected chi connectivity index (χ3v) is 3.63. The number of carboxylic acids is 1. The molecule has 0 aliphatic carbocycles. The molecule has 1 aromatic heterocycles. The van der Waals surface area contributed by atoms with Crippen molar-refractivity contribution in [3.63, 3.8) is 0 Å². The van der Waals surface area contributed by atoms with Gasteiger partial charge in [0.05, 0.1) is 6.20 Å². The third-order valence-electron chi connectivity index (χ3n) is 3.63. The number of nitrogens with zero attached hydrogens (tertiary/aromatic N) is 2.